The molecule has 0 spiro atoms. The van der Waals surface area contributed by atoms with Crippen molar-refractivity contribution in [3.05, 3.63) is 53.4 Å². The van der Waals surface area contributed by atoms with Crippen molar-refractivity contribution in [2.75, 3.05) is 25.7 Å². The average molecular weight is 393 g/mol. The number of aryl methyl sites for hydroxylation is 2. The van der Waals surface area contributed by atoms with Gasteiger partial charge in [0.2, 0.25) is 17.6 Å². The predicted octanol–water partition coefficient (Wildman–Crippen LogP) is 3.89. The minimum Gasteiger partial charge on any atom is -0.497 e. The zero-order valence-electron chi connectivity index (χ0n) is 16.9. The van der Waals surface area contributed by atoms with E-state index in [0.717, 1.165) is 11.3 Å². The molecule has 1 saturated heterocycles. The fourth-order valence-electron chi connectivity index (χ4n) is 3.51. The fourth-order valence-corrected chi connectivity index (χ4v) is 3.51. The number of anilines is 1. The first-order valence-corrected chi connectivity index (χ1v) is 9.43. The maximum atomic E-state index is 12.6. The first-order chi connectivity index (χ1) is 14.0. The molecule has 0 bridgehead atoms. The Morgan fingerprint density at radius 2 is 1.90 bits per heavy atom. The molecule has 1 aromatic heterocycles. The molecule has 29 heavy (non-hydrogen) atoms. The second-order valence-corrected chi connectivity index (χ2v) is 7.20. The zero-order chi connectivity index (χ0) is 20.5. The Morgan fingerprint density at radius 3 is 2.62 bits per heavy atom. The van der Waals surface area contributed by atoms with Crippen molar-refractivity contribution in [3.8, 4) is 22.9 Å². The molecule has 7 heteroatoms. The number of ether oxygens (including phenoxy) is 2. The highest BCUT2D eigenvalue weighted by Gasteiger charge is 2.35. The van der Waals surface area contributed by atoms with Crippen LogP contribution in [0.4, 0.5) is 5.69 Å². The Hall–Kier alpha value is -3.35. The van der Waals surface area contributed by atoms with Gasteiger partial charge in [-0.05, 0) is 49.2 Å². The molecule has 0 N–H and O–H groups in total. The topological polar surface area (TPSA) is 77.7 Å². The van der Waals surface area contributed by atoms with Crippen LogP contribution in [0.25, 0.3) is 11.4 Å². The van der Waals surface area contributed by atoms with Crippen molar-refractivity contribution in [1.29, 1.82) is 0 Å². The lowest BCUT2D eigenvalue weighted by Crippen LogP contribution is -2.24. The molecule has 0 aliphatic carbocycles. The standard InChI is InChI=1S/C22H23N3O4/c1-13-5-6-16(9-14(13)2)25-12-15(10-20(25)26)22-23-21(24-29-22)18-8-7-17(27-3)11-19(18)28-4/h5-9,11,15H,10,12H2,1-4H3/t15-/m1/s1. The first kappa shape index (κ1) is 19.0. The van der Waals surface area contributed by atoms with Crippen molar-refractivity contribution >= 4 is 11.6 Å². The van der Waals surface area contributed by atoms with E-state index in [4.69, 9.17) is 14.0 Å². The molecule has 3 aromatic rings. The van der Waals surface area contributed by atoms with Crippen LogP contribution in [0.15, 0.2) is 40.9 Å². The van der Waals surface area contributed by atoms with Crippen LogP contribution in [0.1, 0.15) is 29.4 Å². The number of benzene rings is 2. The third kappa shape index (κ3) is 3.55. The highest BCUT2D eigenvalue weighted by Crippen LogP contribution is 2.35. The summed E-state index contributed by atoms with van der Waals surface area (Å²) in [6.45, 7) is 4.62. The van der Waals surface area contributed by atoms with E-state index in [1.807, 2.05) is 37.3 Å². The lowest BCUT2D eigenvalue weighted by Gasteiger charge is -2.17. The van der Waals surface area contributed by atoms with Gasteiger partial charge in [0, 0.05) is 24.7 Å². The van der Waals surface area contributed by atoms with E-state index in [1.165, 1.54) is 5.56 Å². The smallest absolute Gasteiger partial charge is 0.232 e. The molecule has 1 aliphatic heterocycles. The maximum absolute atomic E-state index is 12.6. The second kappa shape index (κ2) is 7.58. The summed E-state index contributed by atoms with van der Waals surface area (Å²) in [5.41, 5.74) is 3.97. The highest BCUT2D eigenvalue weighted by atomic mass is 16.5. The SMILES string of the molecule is COc1ccc(-c2noc([C@@H]3CC(=O)N(c4ccc(C)c(C)c4)C3)n2)c(OC)c1. The number of aromatic nitrogens is 2. The molecule has 1 fully saturated rings. The molecule has 4 rings (SSSR count). The van der Waals surface area contributed by atoms with Gasteiger partial charge in [-0.2, -0.15) is 4.98 Å². The van der Waals surface area contributed by atoms with Gasteiger partial charge in [0.1, 0.15) is 11.5 Å². The van der Waals surface area contributed by atoms with Crippen LogP contribution in [0.5, 0.6) is 11.5 Å². The lowest BCUT2D eigenvalue weighted by molar-refractivity contribution is -0.117. The van der Waals surface area contributed by atoms with Crippen molar-refractivity contribution in [2.24, 2.45) is 0 Å². The molecule has 0 radical (unpaired) electrons. The number of nitrogens with zero attached hydrogens (tertiary/aromatic N) is 3. The monoisotopic (exact) mass is 393 g/mol. The quantitative estimate of drug-likeness (QED) is 0.654. The zero-order valence-corrected chi connectivity index (χ0v) is 16.9. The Morgan fingerprint density at radius 1 is 1.07 bits per heavy atom. The summed E-state index contributed by atoms with van der Waals surface area (Å²) in [5, 5.41) is 4.11. The molecule has 1 atom stereocenters. The summed E-state index contributed by atoms with van der Waals surface area (Å²) in [5.74, 6) is 2.07. The number of methoxy groups -OCH3 is 2. The van der Waals surface area contributed by atoms with Crippen molar-refractivity contribution in [2.45, 2.75) is 26.2 Å². The molecular weight excluding hydrogens is 370 g/mol. The average Bonchev–Trinajstić information content (AvgIpc) is 3.36. The van der Waals surface area contributed by atoms with Crippen LogP contribution in [0.3, 0.4) is 0 Å². The number of amides is 1. The van der Waals surface area contributed by atoms with Gasteiger partial charge in [0.25, 0.3) is 0 Å². The minimum absolute atomic E-state index is 0.0556. The number of carbonyl (C=O) groups excluding carboxylic acids is 1. The maximum Gasteiger partial charge on any atom is 0.232 e. The van der Waals surface area contributed by atoms with Gasteiger partial charge in [-0.15, -0.1) is 0 Å². The van der Waals surface area contributed by atoms with E-state index in [-0.39, 0.29) is 11.8 Å². The van der Waals surface area contributed by atoms with Gasteiger partial charge in [-0.25, -0.2) is 0 Å². The Balaban J connectivity index is 1.57. The van der Waals surface area contributed by atoms with E-state index < -0.39 is 0 Å². The summed E-state index contributed by atoms with van der Waals surface area (Å²) >= 11 is 0. The number of hydrogen-bond acceptors (Lipinski definition) is 6. The molecule has 7 nitrogen and oxygen atoms in total. The Labute approximate surface area is 169 Å². The lowest BCUT2D eigenvalue weighted by atomic mass is 10.1. The molecule has 0 unspecified atom stereocenters. The number of rotatable bonds is 5. The van der Waals surface area contributed by atoms with E-state index in [0.29, 0.717) is 41.7 Å². The first-order valence-electron chi connectivity index (χ1n) is 9.43. The van der Waals surface area contributed by atoms with Gasteiger partial charge >= 0.3 is 0 Å². The fraction of sp³-hybridized carbons (Fsp3) is 0.318. The third-order valence-electron chi connectivity index (χ3n) is 5.37. The molecule has 1 amide bonds. The van der Waals surface area contributed by atoms with Gasteiger partial charge in [-0.3, -0.25) is 4.79 Å². The molecule has 2 aromatic carbocycles. The van der Waals surface area contributed by atoms with Gasteiger partial charge in [0.05, 0.1) is 25.7 Å². The number of carbonyl (C=O) groups is 1. The van der Waals surface area contributed by atoms with Crippen molar-refractivity contribution < 1.29 is 18.8 Å². The van der Waals surface area contributed by atoms with E-state index in [1.54, 1.807) is 25.2 Å². The largest absolute Gasteiger partial charge is 0.497 e. The predicted molar refractivity (Wildman–Crippen MR) is 108 cm³/mol. The van der Waals surface area contributed by atoms with Crippen LogP contribution in [0.2, 0.25) is 0 Å². The van der Waals surface area contributed by atoms with Crippen LogP contribution < -0.4 is 14.4 Å². The van der Waals surface area contributed by atoms with Gasteiger partial charge in [-0.1, -0.05) is 11.2 Å². The summed E-state index contributed by atoms with van der Waals surface area (Å²) in [6, 6.07) is 11.5. The minimum atomic E-state index is -0.144. The van der Waals surface area contributed by atoms with Gasteiger partial charge in [0.15, 0.2) is 0 Å². The van der Waals surface area contributed by atoms with Crippen molar-refractivity contribution in [1.82, 2.24) is 10.1 Å². The molecule has 2 heterocycles. The van der Waals surface area contributed by atoms with E-state index >= 15 is 0 Å². The Kier molecular flexibility index (Phi) is 4.96. The summed E-state index contributed by atoms with van der Waals surface area (Å²) in [4.78, 5) is 18.9. The number of hydrogen-bond donors (Lipinski definition) is 0. The van der Waals surface area contributed by atoms with Crippen LogP contribution in [0, 0.1) is 13.8 Å². The van der Waals surface area contributed by atoms with Gasteiger partial charge < -0.3 is 18.9 Å². The summed E-state index contributed by atoms with van der Waals surface area (Å²) < 4.78 is 16.2. The highest BCUT2D eigenvalue weighted by molar-refractivity contribution is 5.96. The van der Waals surface area contributed by atoms with Crippen LogP contribution in [-0.4, -0.2) is 36.8 Å². The van der Waals surface area contributed by atoms with Crippen LogP contribution >= 0.6 is 0 Å². The summed E-state index contributed by atoms with van der Waals surface area (Å²) in [6.07, 6.45) is 0.342. The normalized spacial score (nSPS) is 16.3. The van der Waals surface area contributed by atoms with E-state index in [9.17, 15) is 4.79 Å². The second-order valence-electron chi connectivity index (χ2n) is 7.20. The molecular formula is C22H23N3O4. The summed E-state index contributed by atoms with van der Waals surface area (Å²) in [7, 11) is 3.18. The Bertz CT molecular complexity index is 1060. The molecule has 0 saturated carbocycles. The van der Waals surface area contributed by atoms with Crippen molar-refractivity contribution in [3.63, 3.8) is 0 Å². The third-order valence-corrected chi connectivity index (χ3v) is 5.37. The van der Waals surface area contributed by atoms with Crippen LogP contribution in [-0.2, 0) is 4.79 Å². The van der Waals surface area contributed by atoms with E-state index in [2.05, 4.69) is 17.1 Å². The molecule has 150 valence electrons. The molecule has 1 aliphatic rings.